The molecular weight excluding hydrogens is 228 g/mol. The maximum Gasteiger partial charge on any atom is 0.260 e. The first kappa shape index (κ1) is 12.9. The van der Waals surface area contributed by atoms with Crippen molar-refractivity contribution >= 4 is 5.91 Å². The number of para-hydroxylation sites is 1. The highest BCUT2D eigenvalue weighted by molar-refractivity contribution is 5.78. The third kappa shape index (κ3) is 2.82. The number of amides is 1. The molecule has 0 unspecified atom stereocenters. The van der Waals surface area contributed by atoms with Gasteiger partial charge >= 0.3 is 0 Å². The van der Waals surface area contributed by atoms with Crippen LogP contribution in [0, 0.1) is 13.8 Å². The second-order valence-corrected chi connectivity index (χ2v) is 4.90. The summed E-state index contributed by atoms with van der Waals surface area (Å²) in [5, 5.41) is 0. The fourth-order valence-electron chi connectivity index (χ4n) is 2.27. The van der Waals surface area contributed by atoms with Crippen molar-refractivity contribution in [3.05, 3.63) is 29.3 Å². The molecular formula is C14H20N2O2. The quantitative estimate of drug-likeness (QED) is 0.875. The topological polar surface area (TPSA) is 55.6 Å². The molecule has 4 nitrogen and oxygen atoms in total. The number of rotatable bonds is 3. The molecule has 1 aromatic carbocycles. The van der Waals surface area contributed by atoms with E-state index in [1.54, 1.807) is 4.90 Å². The van der Waals surface area contributed by atoms with E-state index in [1.165, 1.54) is 0 Å². The highest BCUT2D eigenvalue weighted by atomic mass is 16.5. The third-order valence-electron chi connectivity index (χ3n) is 3.33. The minimum Gasteiger partial charge on any atom is -0.483 e. The summed E-state index contributed by atoms with van der Waals surface area (Å²) in [6.07, 6.45) is 0.884. The Morgan fingerprint density at radius 2 is 2.11 bits per heavy atom. The first-order valence-electron chi connectivity index (χ1n) is 6.30. The van der Waals surface area contributed by atoms with Gasteiger partial charge in [-0.05, 0) is 31.4 Å². The number of nitrogens with two attached hydrogens (primary N) is 1. The molecule has 2 rings (SSSR count). The minimum absolute atomic E-state index is 0.0191. The van der Waals surface area contributed by atoms with Gasteiger partial charge in [0, 0.05) is 19.1 Å². The van der Waals surface area contributed by atoms with Crippen LogP contribution in [-0.4, -0.2) is 36.5 Å². The van der Waals surface area contributed by atoms with Crippen LogP contribution in [0.15, 0.2) is 18.2 Å². The summed E-state index contributed by atoms with van der Waals surface area (Å²) >= 11 is 0. The van der Waals surface area contributed by atoms with Gasteiger partial charge in [0.2, 0.25) is 0 Å². The molecule has 1 heterocycles. The van der Waals surface area contributed by atoms with Crippen molar-refractivity contribution in [2.24, 2.45) is 5.73 Å². The van der Waals surface area contributed by atoms with Crippen molar-refractivity contribution in [3.63, 3.8) is 0 Å². The lowest BCUT2D eigenvalue weighted by atomic mass is 10.1. The summed E-state index contributed by atoms with van der Waals surface area (Å²) in [5.74, 6) is 0.833. The Bertz CT molecular complexity index is 425. The first-order chi connectivity index (χ1) is 8.58. The zero-order valence-corrected chi connectivity index (χ0v) is 11.0. The van der Waals surface area contributed by atoms with Crippen molar-refractivity contribution in [1.29, 1.82) is 0 Å². The molecule has 0 aliphatic carbocycles. The fourth-order valence-corrected chi connectivity index (χ4v) is 2.27. The van der Waals surface area contributed by atoms with Gasteiger partial charge in [-0.3, -0.25) is 4.79 Å². The number of aryl methyl sites for hydroxylation is 2. The summed E-state index contributed by atoms with van der Waals surface area (Å²) < 4.78 is 5.64. The van der Waals surface area contributed by atoms with Crippen molar-refractivity contribution < 1.29 is 9.53 Å². The lowest BCUT2D eigenvalue weighted by Crippen LogP contribution is -2.35. The number of carbonyl (C=O) groups excluding carboxylic acids is 1. The van der Waals surface area contributed by atoms with Crippen LogP contribution in [0.4, 0.5) is 0 Å². The fraction of sp³-hybridized carbons (Fsp3) is 0.500. The number of hydrogen-bond donors (Lipinski definition) is 1. The standard InChI is InChI=1S/C14H20N2O2/c1-10-4-3-5-11(2)14(10)18-9-13(17)16-7-6-12(15)8-16/h3-5,12H,6-9,15H2,1-2H3/t12-/m1/s1. The van der Waals surface area contributed by atoms with Crippen molar-refractivity contribution in [1.82, 2.24) is 4.90 Å². The molecule has 1 fully saturated rings. The lowest BCUT2D eigenvalue weighted by Gasteiger charge is -2.17. The second kappa shape index (κ2) is 5.40. The van der Waals surface area contributed by atoms with Crippen LogP contribution in [0.25, 0.3) is 0 Å². The number of hydrogen-bond acceptors (Lipinski definition) is 3. The van der Waals surface area contributed by atoms with Gasteiger partial charge in [0.15, 0.2) is 6.61 Å². The van der Waals surface area contributed by atoms with Gasteiger partial charge in [-0.25, -0.2) is 0 Å². The predicted molar refractivity (Wildman–Crippen MR) is 70.6 cm³/mol. The first-order valence-corrected chi connectivity index (χ1v) is 6.30. The van der Waals surface area contributed by atoms with Gasteiger partial charge in [-0.15, -0.1) is 0 Å². The van der Waals surface area contributed by atoms with E-state index in [1.807, 2.05) is 32.0 Å². The Balaban J connectivity index is 1.93. The molecule has 1 aromatic rings. The van der Waals surface area contributed by atoms with Crippen LogP contribution in [-0.2, 0) is 4.79 Å². The molecule has 1 atom stereocenters. The summed E-state index contributed by atoms with van der Waals surface area (Å²) in [4.78, 5) is 13.7. The van der Waals surface area contributed by atoms with E-state index in [2.05, 4.69) is 0 Å². The molecule has 2 N–H and O–H groups in total. The van der Waals surface area contributed by atoms with E-state index in [0.29, 0.717) is 6.54 Å². The van der Waals surface area contributed by atoms with E-state index < -0.39 is 0 Å². The second-order valence-electron chi connectivity index (χ2n) is 4.90. The van der Waals surface area contributed by atoms with Crippen LogP contribution < -0.4 is 10.5 Å². The molecule has 0 radical (unpaired) electrons. The molecule has 1 aliphatic heterocycles. The minimum atomic E-state index is 0.0191. The van der Waals surface area contributed by atoms with Crippen LogP contribution in [0.2, 0.25) is 0 Å². The van der Waals surface area contributed by atoms with Crippen LogP contribution in [0.3, 0.4) is 0 Å². The number of likely N-dealkylation sites (tertiary alicyclic amines) is 1. The van der Waals surface area contributed by atoms with Gasteiger partial charge in [-0.1, -0.05) is 18.2 Å². The average molecular weight is 248 g/mol. The summed E-state index contributed by atoms with van der Waals surface area (Å²) in [5.41, 5.74) is 7.90. The van der Waals surface area contributed by atoms with Gasteiger partial charge < -0.3 is 15.4 Å². The Morgan fingerprint density at radius 1 is 1.44 bits per heavy atom. The Morgan fingerprint density at radius 3 is 2.67 bits per heavy atom. The summed E-state index contributed by atoms with van der Waals surface area (Å²) in [6.45, 7) is 5.46. The van der Waals surface area contributed by atoms with E-state index in [4.69, 9.17) is 10.5 Å². The summed E-state index contributed by atoms with van der Waals surface area (Å²) in [7, 11) is 0. The largest absolute Gasteiger partial charge is 0.483 e. The van der Waals surface area contributed by atoms with Crippen molar-refractivity contribution in [2.75, 3.05) is 19.7 Å². The average Bonchev–Trinajstić information content (AvgIpc) is 2.75. The van der Waals surface area contributed by atoms with Crippen LogP contribution in [0.5, 0.6) is 5.75 Å². The number of carbonyl (C=O) groups is 1. The Hall–Kier alpha value is -1.55. The molecule has 18 heavy (non-hydrogen) atoms. The molecule has 98 valence electrons. The van der Waals surface area contributed by atoms with Crippen LogP contribution in [0.1, 0.15) is 17.5 Å². The summed E-state index contributed by atoms with van der Waals surface area (Å²) in [6, 6.07) is 6.07. The van der Waals surface area contributed by atoms with E-state index in [-0.39, 0.29) is 18.6 Å². The van der Waals surface area contributed by atoms with Gasteiger partial charge in [0.25, 0.3) is 5.91 Å². The third-order valence-corrected chi connectivity index (χ3v) is 3.33. The predicted octanol–water partition coefficient (Wildman–Crippen LogP) is 1.24. The Labute approximate surface area is 108 Å². The Kier molecular flexibility index (Phi) is 3.87. The highest BCUT2D eigenvalue weighted by Gasteiger charge is 2.23. The number of nitrogens with zero attached hydrogens (tertiary/aromatic N) is 1. The smallest absolute Gasteiger partial charge is 0.260 e. The molecule has 4 heteroatoms. The number of ether oxygens (including phenoxy) is 1. The molecule has 1 amide bonds. The van der Waals surface area contributed by atoms with E-state index in [0.717, 1.165) is 29.8 Å². The van der Waals surface area contributed by atoms with Gasteiger partial charge in [-0.2, -0.15) is 0 Å². The van der Waals surface area contributed by atoms with Crippen molar-refractivity contribution in [2.45, 2.75) is 26.3 Å². The molecule has 0 spiro atoms. The van der Waals surface area contributed by atoms with E-state index >= 15 is 0 Å². The van der Waals surface area contributed by atoms with Crippen molar-refractivity contribution in [3.8, 4) is 5.75 Å². The van der Waals surface area contributed by atoms with Gasteiger partial charge in [0.1, 0.15) is 5.75 Å². The maximum atomic E-state index is 11.9. The van der Waals surface area contributed by atoms with Crippen LogP contribution >= 0.6 is 0 Å². The monoisotopic (exact) mass is 248 g/mol. The molecule has 1 saturated heterocycles. The number of benzene rings is 1. The normalized spacial score (nSPS) is 19.1. The molecule has 0 bridgehead atoms. The van der Waals surface area contributed by atoms with Gasteiger partial charge in [0.05, 0.1) is 0 Å². The zero-order valence-electron chi connectivity index (χ0n) is 11.0. The van der Waals surface area contributed by atoms with E-state index in [9.17, 15) is 4.79 Å². The molecule has 0 aromatic heterocycles. The maximum absolute atomic E-state index is 11.9. The molecule has 1 aliphatic rings. The highest BCUT2D eigenvalue weighted by Crippen LogP contribution is 2.22. The molecule has 0 saturated carbocycles. The lowest BCUT2D eigenvalue weighted by molar-refractivity contribution is -0.132. The SMILES string of the molecule is Cc1cccc(C)c1OCC(=O)N1CC[C@@H](N)C1. The zero-order chi connectivity index (χ0) is 13.1.